The molecular formula is C20H26Cl2N2O. The highest BCUT2D eigenvalue weighted by Gasteiger charge is 2.23. The van der Waals surface area contributed by atoms with Gasteiger partial charge in [-0.15, -0.1) is 0 Å². The maximum atomic E-state index is 13.0. The Labute approximate surface area is 162 Å². The molecule has 0 saturated carbocycles. The van der Waals surface area contributed by atoms with Crippen LogP contribution in [0.25, 0.3) is 0 Å². The molecule has 0 radical (unpaired) electrons. The van der Waals surface area contributed by atoms with Gasteiger partial charge in [0.2, 0.25) is 0 Å². The van der Waals surface area contributed by atoms with Gasteiger partial charge in [-0.2, -0.15) is 0 Å². The van der Waals surface area contributed by atoms with Gasteiger partial charge in [0.05, 0.1) is 30.3 Å². The summed E-state index contributed by atoms with van der Waals surface area (Å²) in [6, 6.07) is 15.8. The minimum absolute atomic E-state index is 0. The lowest BCUT2D eigenvalue weighted by atomic mass is 10.1. The summed E-state index contributed by atoms with van der Waals surface area (Å²) >= 11 is 6.44. The van der Waals surface area contributed by atoms with Crippen LogP contribution in [0.2, 0.25) is 5.02 Å². The van der Waals surface area contributed by atoms with Crippen LogP contribution in [0.3, 0.4) is 0 Å². The zero-order valence-corrected chi connectivity index (χ0v) is 16.6. The molecule has 0 heterocycles. The quantitative estimate of drug-likeness (QED) is 0.724. The first-order chi connectivity index (χ1) is 11.6. The number of rotatable bonds is 7. The number of carbonyl (C=O) groups is 1. The minimum atomic E-state index is 0. The molecule has 25 heavy (non-hydrogen) atoms. The standard InChI is InChI=1S/C20H25ClN2O.ClH/c1-4-22(5-2)15-19(24)23(14-17-11-7-6-8-12-17)20-16(3)10-9-13-18(20)21;/h6-13H,4-5,14-15H2,1-3H3;1H. The zero-order valence-electron chi connectivity index (χ0n) is 15.1. The Morgan fingerprint density at radius 3 is 2.24 bits per heavy atom. The molecule has 0 fully saturated rings. The molecule has 2 aromatic carbocycles. The zero-order chi connectivity index (χ0) is 17.5. The van der Waals surface area contributed by atoms with Gasteiger partial charge in [0, 0.05) is 0 Å². The molecule has 0 aliphatic rings. The summed E-state index contributed by atoms with van der Waals surface area (Å²) in [5, 5.41) is 0.619. The van der Waals surface area contributed by atoms with Crippen LogP contribution in [-0.2, 0) is 11.3 Å². The van der Waals surface area contributed by atoms with Crippen molar-refractivity contribution in [1.82, 2.24) is 0 Å². The SMILES string of the molecule is CC[NH+](CC)CC(=O)N(Cc1ccccc1)c1c(C)cccc1Cl.[Cl-]. The van der Waals surface area contributed by atoms with Crippen molar-refractivity contribution in [3.63, 3.8) is 0 Å². The van der Waals surface area contributed by atoms with Gasteiger partial charge in [0.1, 0.15) is 0 Å². The predicted octanol–water partition coefficient (Wildman–Crippen LogP) is 0.110. The third kappa shape index (κ3) is 5.74. The maximum absolute atomic E-state index is 13.0. The number of likely N-dealkylation sites (N-methyl/N-ethyl adjacent to an activating group) is 1. The van der Waals surface area contributed by atoms with E-state index in [1.165, 1.54) is 4.90 Å². The number of para-hydroxylation sites is 1. The number of nitrogens with one attached hydrogen (secondary N) is 1. The van der Waals surface area contributed by atoms with Crippen LogP contribution < -0.4 is 22.2 Å². The van der Waals surface area contributed by atoms with Crippen molar-refractivity contribution >= 4 is 23.2 Å². The smallest absolute Gasteiger partial charge is 0.282 e. The lowest BCUT2D eigenvalue weighted by molar-refractivity contribution is -0.888. The van der Waals surface area contributed by atoms with E-state index in [0.29, 0.717) is 18.1 Å². The summed E-state index contributed by atoms with van der Waals surface area (Å²) in [5.41, 5.74) is 2.93. The average Bonchev–Trinajstić information content (AvgIpc) is 2.59. The average molecular weight is 381 g/mol. The summed E-state index contributed by atoms with van der Waals surface area (Å²) in [6.45, 7) is 9.08. The molecule has 2 aromatic rings. The Morgan fingerprint density at radius 2 is 1.68 bits per heavy atom. The van der Waals surface area contributed by atoms with E-state index >= 15 is 0 Å². The number of amides is 1. The van der Waals surface area contributed by atoms with Crippen molar-refractivity contribution in [2.75, 3.05) is 24.5 Å². The number of anilines is 1. The molecule has 2 rings (SSSR count). The number of halogens is 2. The number of benzene rings is 2. The number of carbonyl (C=O) groups excluding carboxylic acids is 1. The normalized spacial score (nSPS) is 10.4. The summed E-state index contributed by atoms with van der Waals surface area (Å²) < 4.78 is 0. The van der Waals surface area contributed by atoms with Crippen molar-refractivity contribution in [2.24, 2.45) is 0 Å². The van der Waals surface area contributed by atoms with E-state index in [2.05, 4.69) is 13.8 Å². The molecule has 1 N–H and O–H groups in total. The Kier molecular flexibility index (Phi) is 8.98. The van der Waals surface area contributed by atoms with E-state index in [1.54, 1.807) is 0 Å². The van der Waals surface area contributed by atoms with E-state index in [9.17, 15) is 4.79 Å². The van der Waals surface area contributed by atoms with E-state index < -0.39 is 0 Å². The lowest BCUT2D eigenvalue weighted by Gasteiger charge is -2.27. The first kappa shape index (κ1) is 21.5. The van der Waals surface area contributed by atoms with Gasteiger partial charge < -0.3 is 22.2 Å². The van der Waals surface area contributed by atoms with E-state index in [4.69, 9.17) is 11.6 Å². The Bertz CT molecular complexity index is 652. The first-order valence-corrected chi connectivity index (χ1v) is 8.87. The van der Waals surface area contributed by atoms with Gasteiger partial charge in [-0.1, -0.05) is 54.1 Å². The number of hydrogen-bond acceptors (Lipinski definition) is 1. The van der Waals surface area contributed by atoms with Crippen LogP contribution in [0.15, 0.2) is 48.5 Å². The topological polar surface area (TPSA) is 24.8 Å². The summed E-state index contributed by atoms with van der Waals surface area (Å²) in [6.07, 6.45) is 0. The number of nitrogens with zero attached hydrogens (tertiary/aromatic N) is 1. The van der Waals surface area contributed by atoms with E-state index in [0.717, 1.165) is 29.9 Å². The molecule has 0 unspecified atom stereocenters. The molecular weight excluding hydrogens is 355 g/mol. The molecule has 0 atom stereocenters. The molecule has 3 nitrogen and oxygen atoms in total. The fraction of sp³-hybridized carbons (Fsp3) is 0.350. The second-order valence-electron chi connectivity index (χ2n) is 6.00. The minimum Gasteiger partial charge on any atom is -1.00 e. The monoisotopic (exact) mass is 380 g/mol. The Morgan fingerprint density at radius 1 is 1.04 bits per heavy atom. The summed E-state index contributed by atoms with van der Waals surface area (Å²) in [5.74, 6) is 0.105. The van der Waals surface area contributed by atoms with Crippen molar-refractivity contribution in [3.05, 3.63) is 64.7 Å². The second-order valence-corrected chi connectivity index (χ2v) is 6.41. The molecule has 0 aromatic heterocycles. The third-order valence-electron chi connectivity index (χ3n) is 4.34. The Balaban J connectivity index is 0.00000312. The van der Waals surface area contributed by atoms with Crippen LogP contribution in [0, 0.1) is 6.92 Å². The predicted molar refractivity (Wildman–Crippen MR) is 101 cm³/mol. The van der Waals surface area contributed by atoms with Crippen LogP contribution in [0.4, 0.5) is 5.69 Å². The van der Waals surface area contributed by atoms with Gasteiger partial charge >= 0.3 is 0 Å². The largest absolute Gasteiger partial charge is 1.00 e. The van der Waals surface area contributed by atoms with Crippen molar-refractivity contribution in [1.29, 1.82) is 0 Å². The molecule has 136 valence electrons. The highest BCUT2D eigenvalue weighted by Crippen LogP contribution is 2.30. The third-order valence-corrected chi connectivity index (χ3v) is 4.65. The van der Waals surface area contributed by atoms with Crippen LogP contribution >= 0.6 is 11.6 Å². The molecule has 0 saturated heterocycles. The molecule has 5 heteroatoms. The first-order valence-electron chi connectivity index (χ1n) is 8.49. The van der Waals surface area contributed by atoms with Crippen LogP contribution in [0.5, 0.6) is 0 Å². The number of quaternary nitrogens is 1. The highest BCUT2D eigenvalue weighted by atomic mass is 35.5. The van der Waals surface area contributed by atoms with Gasteiger partial charge in [-0.25, -0.2) is 0 Å². The van der Waals surface area contributed by atoms with Gasteiger partial charge in [-0.05, 0) is 38.0 Å². The number of hydrogen-bond donors (Lipinski definition) is 1. The second kappa shape index (κ2) is 10.4. The van der Waals surface area contributed by atoms with E-state index in [1.807, 2.05) is 60.4 Å². The molecule has 0 aliphatic heterocycles. The van der Waals surface area contributed by atoms with Gasteiger partial charge in [0.25, 0.3) is 5.91 Å². The van der Waals surface area contributed by atoms with Gasteiger partial charge in [-0.3, -0.25) is 4.79 Å². The van der Waals surface area contributed by atoms with Crippen molar-refractivity contribution in [2.45, 2.75) is 27.3 Å². The van der Waals surface area contributed by atoms with Crippen molar-refractivity contribution < 1.29 is 22.1 Å². The highest BCUT2D eigenvalue weighted by molar-refractivity contribution is 6.34. The summed E-state index contributed by atoms with van der Waals surface area (Å²) in [4.78, 5) is 16.1. The molecule has 0 aliphatic carbocycles. The Hall–Kier alpha value is -1.55. The van der Waals surface area contributed by atoms with Gasteiger partial charge in [0.15, 0.2) is 6.54 Å². The number of aryl methyl sites for hydroxylation is 1. The van der Waals surface area contributed by atoms with Crippen LogP contribution in [-0.4, -0.2) is 25.5 Å². The molecule has 0 spiro atoms. The van der Waals surface area contributed by atoms with E-state index in [-0.39, 0.29) is 18.3 Å². The van der Waals surface area contributed by atoms with Crippen molar-refractivity contribution in [3.8, 4) is 0 Å². The fourth-order valence-corrected chi connectivity index (χ4v) is 3.16. The fourth-order valence-electron chi connectivity index (χ4n) is 2.83. The molecule has 1 amide bonds. The maximum Gasteiger partial charge on any atom is 0.282 e. The van der Waals surface area contributed by atoms with Crippen LogP contribution in [0.1, 0.15) is 25.0 Å². The lowest BCUT2D eigenvalue weighted by Crippen LogP contribution is -3.12. The molecule has 0 bridgehead atoms. The summed E-state index contributed by atoms with van der Waals surface area (Å²) in [7, 11) is 0.